The second kappa shape index (κ2) is 11.4. The fraction of sp³-hybridized carbons (Fsp3) is 0.432. The van der Waals surface area contributed by atoms with Gasteiger partial charge in [-0.25, -0.2) is 18.2 Å². The van der Waals surface area contributed by atoms with Gasteiger partial charge in [-0.1, -0.05) is 37.1 Å². The summed E-state index contributed by atoms with van der Waals surface area (Å²) in [5, 5.41) is 5.20. The number of pyridine rings is 1. The third kappa shape index (κ3) is 4.80. The minimum Gasteiger partial charge on any atom is -0.461 e. The highest BCUT2D eigenvalue weighted by molar-refractivity contribution is 6.03. The van der Waals surface area contributed by atoms with Gasteiger partial charge in [-0.2, -0.15) is 9.97 Å². The summed E-state index contributed by atoms with van der Waals surface area (Å²) in [6, 6.07) is 8.37. The van der Waals surface area contributed by atoms with Crippen molar-refractivity contribution in [2.45, 2.75) is 68.7 Å². The summed E-state index contributed by atoms with van der Waals surface area (Å²) in [5.74, 6) is 4.47. The van der Waals surface area contributed by atoms with Gasteiger partial charge in [-0.3, -0.25) is 4.90 Å². The highest BCUT2D eigenvalue weighted by Gasteiger charge is 2.49. The topological polar surface area (TPSA) is 66.4 Å². The van der Waals surface area contributed by atoms with E-state index in [0.717, 1.165) is 25.8 Å². The van der Waals surface area contributed by atoms with Crippen LogP contribution in [0.1, 0.15) is 56.2 Å². The predicted molar refractivity (Wildman–Crippen MR) is 176 cm³/mol. The van der Waals surface area contributed by atoms with E-state index in [4.69, 9.17) is 32.5 Å². The molecule has 0 saturated carbocycles. The fourth-order valence-electron chi connectivity index (χ4n) is 8.44. The molecule has 2 aromatic heterocycles. The molecule has 3 saturated heterocycles. The van der Waals surface area contributed by atoms with Gasteiger partial charge in [0.05, 0.1) is 22.2 Å². The van der Waals surface area contributed by atoms with Crippen LogP contribution in [0.15, 0.2) is 30.3 Å². The van der Waals surface area contributed by atoms with Crippen LogP contribution in [0.3, 0.4) is 0 Å². The molecule has 8 rings (SSSR count). The number of piperazine rings is 1. The first-order valence-corrected chi connectivity index (χ1v) is 16.3. The number of hydrogen-bond donors (Lipinski definition) is 1. The Morgan fingerprint density at radius 3 is 2.81 bits per heavy atom. The van der Waals surface area contributed by atoms with Crippen LogP contribution in [0.25, 0.3) is 32.9 Å². The minimum atomic E-state index is -0.913. The maximum Gasteiger partial charge on any atom is 0.319 e. The third-order valence-corrected chi connectivity index (χ3v) is 10.6. The van der Waals surface area contributed by atoms with E-state index in [1.54, 1.807) is 18.2 Å². The SMILES string of the molecule is C#CC[C@@H]1CN2c3nc(OC[C@@]45CCCN4C[C@H](F)C5)nc4c(F)c(-c5cccc6ccc(F)c(C#C)c56)nc(c34)[C@@H](C)C[C@@H]2CN1. The summed E-state index contributed by atoms with van der Waals surface area (Å²) in [7, 11) is 0. The summed E-state index contributed by atoms with van der Waals surface area (Å²) in [6.07, 6.45) is 14.0. The Morgan fingerprint density at radius 2 is 1.98 bits per heavy atom. The number of fused-ring (bicyclic) bond motifs is 4. The molecule has 2 aromatic carbocycles. The van der Waals surface area contributed by atoms with E-state index in [0.29, 0.717) is 65.7 Å². The maximum atomic E-state index is 17.1. The van der Waals surface area contributed by atoms with E-state index in [1.807, 2.05) is 6.07 Å². The first-order chi connectivity index (χ1) is 22.8. The molecular formula is C37H35F3N6O. The number of nitrogens with one attached hydrogen (secondary N) is 1. The van der Waals surface area contributed by atoms with Crippen molar-refractivity contribution in [1.82, 2.24) is 25.2 Å². The van der Waals surface area contributed by atoms with Gasteiger partial charge in [0.15, 0.2) is 5.82 Å². The predicted octanol–water partition coefficient (Wildman–Crippen LogP) is 5.74. The number of anilines is 1. The van der Waals surface area contributed by atoms with Gasteiger partial charge >= 0.3 is 6.01 Å². The molecule has 0 unspecified atom stereocenters. The van der Waals surface area contributed by atoms with Crippen LogP contribution in [0.4, 0.5) is 19.0 Å². The first-order valence-electron chi connectivity index (χ1n) is 16.3. The van der Waals surface area contributed by atoms with E-state index >= 15 is 4.39 Å². The van der Waals surface area contributed by atoms with Crippen molar-refractivity contribution in [3.63, 3.8) is 0 Å². The van der Waals surface area contributed by atoms with Gasteiger partial charge < -0.3 is 15.0 Å². The van der Waals surface area contributed by atoms with Gasteiger partial charge in [-0.05, 0) is 37.3 Å². The van der Waals surface area contributed by atoms with Crippen LogP contribution in [0.5, 0.6) is 6.01 Å². The molecule has 0 amide bonds. The first kappa shape index (κ1) is 30.0. The molecule has 240 valence electrons. The standard InChI is InChI=1S/C37H35F3N6O/c1-4-8-24-19-46-25(17-41-24)15-21(3)32-30-34(43-36(44-35(30)46)47-20-37-13-7-14-45(37)18-23(38)16-37)31(40)33(42-32)27-10-6-9-22-11-12-28(39)26(5-2)29(22)27/h1-2,6,9-12,21,23-25,41H,7-8,13-20H2,3H3/t21-,23+,24+,25+,37-/m0/s1. The highest BCUT2D eigenvalue weighted by atomic mass is 19.1. The molecule has 6 heterocycles. The third-order valence-electron chi connectivity index (χ3n) is 10.6. The molecule has 7 nitrogen and oxygen atoms in total. The lowest BCUT2D eigenvalue weighted by atomic mass is 9.93. The van der Waals surface area contributed by atoms with E-state index in [2.05, 4.69) is 33.9 Å². The summed E-state index contributed by atoms with van der Waals surface area (Å²) in [6.45, 7) is 4.74. The smallest absolute Gasteiger partial charge is 0.319 e. The molecule has 4 aromatic rings. The summed E-state index contributed by atoms with van der Waals surface area (Å²) < 4.78 is 53.0. The number of aromatic nitrogens is 3. The molecule has 1 N–H and O–H groups in total. The van der Waals surface area contributed by atoms with Crippen LogP contribution in [-0.4, -0.2) is 76.4 Å². The average Bonchev–Trinajstić information content (AvgIpc) is 3.56. The Kier molecular flexibility index (Phi) is 7.27. The number of hydrogen-bond acceptors (Lipinski definition) is 7. The van der Waals surface area contributed by atoms with Crippen LogP contribution < -0.4 is 15.0 Å². The lowest BCUT2D eigenvalue weighted by molar-refractivity contribution is 0.107. The zero-order valence-corrected chi connectivity index (χ0v) is 26.2. The number of terminal acetylenes is 2. The minimum absolute atomic E-state index is 0.0262. The van der Waals surface area contributed by atoms with Gasteiger partial charge in [0.25, 0.3) is 0 Å². The summed E-state index contributed by atoms with van der Waals surface area (Å²) >= 11 is 0. The van der Waals surface area contributed by atoms with Crippen molar-refractivity contribution < 1.29 is 17.9 Å². The lowest BCUT2D eigenvalue weighted by Crippen LogP contribution is -2.56. The summed E-state index contributed by atoms with van der Waals surface area (Å²) in [4.78, 5) is 19.0. The molecule has 4 aliphatic rings. The quantitative estimate of drug-likeness (QED) is 0.281. The monoisotopic (exact) mass is 636 g/mol. The van der Waals surface area contributed by atoms with Crippen molar-refractivity contribution in [3.05, 3.63) is 53.2 Å². The molecule has 0 spiro atoms. The van der Waals surface area contributed by atoms with Crippen LogP contribution in [-0.2, 0) is 0 Å². The van der Waals surface area contributed by atoms with Crippen LogP contribution >= 0.6 is 0 Å². The average molecular weight is 637 g/mol. The molecule has 4 aliphatic heterocycles. The molecule has 0 aliphatic carbocycles. The van der Waals surface area contributed by atoms with E-state index in [-0.39, 0.29) is 47.4 Å². The number of rotatable bonds is 5. The Bertz CT molecular complexity index is 2000. The molecule has 0 bridgehead atoms. The van der Waals surface area contributed by atoms with Crippen molar-refractivity contribution in [2.24, 2.45) is 0 Å². The number of benzene rings is 2. The Hall–Kier alpha value is -4.38. The Labute approximate surface area is 271 Å². The second-order valence-corrected chi connectivity index (χ2v) is 13.5. The number of nitrogens with zero attached hydrogens (tertiary/aromatic N) is 5. The van der Waals surface area contributed by atoms with E-state index in [1.165, 1.54) is 6.07 Å². The van der Waals surface area contributed by atoms with Crippen molar-refractivity contribution >= 4 is 27.5 Å². The van der Waals surface area contributed by atoms with Crippen molar-refractivity contribution in [2.75, 3.05) is 37.7 Å². The molecule has 10 heteroatoms. The fourth-order valence-corrected chi connectivity index (χ4v) is 8.44. The van der Waals surface area contributed by atoms with Crippen LogP contribution in [0, 0.1) is 36.3 Å². The molecule has 3 fully saturated rings. The Balaban J connectivity index is 1.33. The van der Waals surface area contributed by atoms with Gasteiger partial charge in [0.1, 0.15) is 35.6 Å². The molecule has 0 radical (unpaired) electrons. The Morgan fingerprint density at radius 1 is 1.11 bits per heavy atom. The van der Waals surface area contributed by atoms with Crippen LogP contribution in [0.2, 0.25) is 0 Å². The van der Waals surface area contributed by atoms with E-state index < -0.39 is 23.3 Å². The van der Waals surface area contributed by atoms with Crippen molar-refractivity contribution in [1.29, 1.82) is 0 Å². The lowest BCUT2D eigenvalue weighted by Gasteiger charge is -2.40. The number of halogens is 3. The van der Waals surface area contributed by atoms with Gasteiger partial charge in [0.2, 0.25) is 0 Å². The molecule has 47 heavy (non-hydrogen) atoms. The second-order valence-electron chi connectivity index (χ2n) is 13.5. The van der Waals surface area contributed by atoms with Crippen molar-refractivity contribution in [3.8, 4) is 42.0 Å². The van der Waals surface area contributed by atoms with Gasteiger partial charge in [-0.15, -0.1) is 18.8 Å². The molecule has 5 atom stereocenters. The highest BCUT2D eigenvalue weighted by Crippen LogP contribution is 2.45. The van der Waals surface area contributed by atoms with Gasteiger partial charge in [0, 0.05) is 61.4 Å². The largest absolute Gasteiger partial charge is 0.461 e. The van der Waals surface area contributed by atoms with E-state index in [9.17, 15) is 8.78 Å². The number of alkyl halides is 1. The zero-order chi connectivity index (χ0) is 32.4. The number of ether oxygens (including phenoxy) is 1. The summed E-state index contributed by atoms with van der Waals surface area (Å²) in [5.41, 5.74) is 0.795. The zero-order valence-electron chi connectivity index (χ0n) is 26.2. The maximum absolute atomic E-state index is 17.1. The molecular weight excluding hydrogens is 601 g/mol. The normalized spacial score (nSPS) is 26.9.